The molecule has 0 radical (unpaired) electrons. The lowest BCUT2D eigenvalue weighted by Crippen LogP contribution is -2.28. The molecule has 0 aliphatic heterocycles. The molecule has 1 aliphatic carbocycles. The molecule has 1 atom stereocenters. The smallest absolute Gasteiger partial charge is 0.250 e. The van der Waals surface area contributed by atoms with E-state index in [0.29, 0.717) is 12.1 Å². The highest BCUT2D eigenvalue weighted by molar-refractivity contribution is 5.26. The van der Waals surface area contributed by atoms with Crippen LogP contribution in [0.25, 0.3) is 0 Å². The maximum absolute atomic E-state index is 13.2. The second kappa shape index (κ2) is 5.21. The maximum Gasteiger partial charge on any atom is 0.250 e. The van der Waals surface area contributed by atoms with Crippen LogP contribution in [0.5, 0.6) is 0 Å². The Bertz CT molecular complexity index is 693. The molecule has 1 aromatic heterocycles. The zero-order valence-corrected chi connectivity index (χ0v) is 11.2. The van der Waals surface area contributed by atoms with Crippen molar-refractivity contribution < 1.29 is 4.39 Å². The maximum atomic E-state index is 13.2. The second-order valence-electron chi connectivity index (χ2n) is 5.27. The molecule has 0 bridgehead atoms. The molecule has 1 heterocycles. The summed E-state index contributed by atoms with van der Waals surface area (Å²) in [5, 5.41) is 0. The fraction of sp³-hybridized carbons (Fsp3) is 0.312. The monoisotopic (exact) mass is 272 g/mol. The minimum absolute atomic E-state index is 0.0301. The standard InChI is InChI=1S/C16H17FN2O/c17-13-5-1-4-12(9-13)14(18)10-19-15-6-2-3-11(15)7-8-16(19)20/h1,4-5,7-9,14H,2-3,6,10,18H2. The van der Waals surface area contributed by atoms with Crippen LogP contribution in [-0.4, -0.2) is 4.57 Å². The van der Waals surface area contributed by atoms with Gasteiger partial charge in [-0.3, -0.25) is 4.79 Å². The molecular weight excluding hydrogens is 255 g/mol. The molecule has 0 fully saturated rings. The average molecular weight is 272 g/mol. The van der Waals surface area contributed by atoms with Gasteiger partial charge in [0.1, 0.15) is 5.82 Å². The van der Waals surface area contributed by atoms with E-state index in [1.807, 2.05) is 6.07 Å². The number of hydrogen-bond donors (Lipinski definition) is 1. The minimum Gasteiger partial charge on any atom is -0.322 e. The zero-order chi connectivity index (χ0) is 14.1. The van der Waals surface area contributed by atoms with Gasteiger partial charge in [0, 0.05) is 24.3 Å². The van der Waals surface area contributed by atoms with Crippen molar-refractivity contribution in [3.8, 4) is 0 Å². The Morgan fingerprint density at radius 1 is 1.25 bits per heavy atom. The molecule has 104 valence electrons. The van der Waals surface area contributed by atoms with Crippen LogP contribution in [0.2, 0.25) is 0 Å². The molecule has 1 unspecified atom stereocenters. The quantitative estimate of drug-likeness (QED) is 0.931. The first-order valence-corrected chi connectivity index (χ1v) is 6.88. The lowest BCUT2D eigenvalue weighted by Gasteiger charge is -2.17. The van der Waals surface area contributed by atoms with Crippen molar-refractivity contribution in [1.29, 1.82) is 0 Å². The van der Waals surface area contributed by atoms with Crippen LogP contribution < -0.4 is 11.3 Å². The van der Waals surface area contributed by atoms with Crippen molar-refractivity contribution in [3.63, 3.8) is 0 Å². The summed E-state index contributed by atoms with van der Waals surface area (Å²) in [5.41, 5.74) is 9.14. The molecule has 1 aromatic carbocycles. The van der Waals surface area contributed by atoms with E-state index < -0.39 is 0 Å². The predicted octanol–water partition coefficient (Wildman–Crippen LogP) is 2.18. The summed E-state index contributed by atoms with van der Waals surface area (Å²) in [6, 6.07) is 9.39. The van der Waals surface area contributed by atoms with Crippen LogP contribution in [0.15, 0.2) is 41.2 Å². The van der Waals surface area contributed by atoms with Crippen molar-refractivity contribution in [2.45, 2.75) is 31.8 Å². The lowest BCUT2D eigenvalue weighted by molar-refractivity contribution is 0.539. The summed E-state index contributed by atoms with van der Waals surface area (Å²) in [6.07, 6.45) is 3.01. The number of hydrogen-bond acceptors (Lipinski definition) is 2. The van der Waals surface area contributed by atoms with Crippen LogP contribution in [0.3, 0.4) is 0 Å². The van der Waals surface area contributed by atoms with E-state index in [0.717, 1.165) is 25.0 Å². The van der Waals surface area contributed by atoms with Gasteiger partial charge in [0.2, 0.25) is 0 Å². The number of aromatic nitrogens is 1. The number of nitrogens with zero attached hydrogens (tertiary/aromatic N) is 1. The Hall–Kier alpha value is -1.94. The summed E-state index contributed by atoms with van der Waals surface area (Å²) in [6.45, 7) is 0.394. The second-order valence-corrected chi connectivity index (χ2v) is 5.27. The molecule has 0 spiro atoms. The Kier molecular flexibility index (Phi) is 3.40. The molecule has 2 aromatic rings. The first-order valence-electron chi connectivity index (χ1n) is 6.88. The molecule has 0 amide bonds. The highest BCUT2D eigenvalue weighted by atomic mass is 19.1. The Morgan fingerprint density at radius 2 is 2.10 bits per heavy atom. The van der Waals surface area contributed by atoms with E-state index in [-0.39, 0.29) is 17.4 Å². The topological polar surface area (TPSA) is 48.0 Å². The fourth-order valence-electron chi connectivity index (χ4n) is 2.87. The average Bonchev–Trinajstić information content (AvgIpc) is 2.90. The van der Waals surface area contributed by atoms with E-state index in [9.17, 15) is 9.18 Å². The number of aryl methyl sites for hydroxylation is 1. The molecule has 3 nitrogen and oxygen atoms in total. The van der Waals surface area contributed by atoms with Gasteiger partial charge in [-0.15, -0.1) is 0 Å². The van der Waals surface area contributed by atoms with E-state index >= 15 is 0 Å². The molecule has 20 heavy (non-hydrogen) atoms. The van der Waals surface area contributed by atoms with Crippen molar-refractivity contribution >= 4 is 0 Å². The number of pyridine rings is 1. The molecule has 0 saturated heterocycles. The van der Waals surface area contributed by atoms with E-state index in [2.05, 4.69) is 0 Å². The van der Waals surface area contributed by atoms with Crippen molar-refractivity contribution in [3.05, 3.63) is 69.4 Å². The first-order chi connectivity index (χ1) is 9.65. The largest absolute Gasteiger partial charge is 0.322 e. The molecule has 1 aliphatic rings. The third-order valence-corrected chi connectivity index (χ3v) is 3.91. The third kappa shape index (κ3) is 2.39. The van der Waals surface area contributed by atoms with Crippen LogP contribution in [0.1, 0.15) is 29.3 Å². The lowest BCUT2D eigenvalue weighted by atomic mass is 10.1. The summed E-state index contributed by atoms with van der Waals surface area (Å²) < 4.78 is 15.0. The summed E-state index contributed by atoms with van der Waals surface area (Å²) >= 11 is 0. The highest BCUT2D eigenvalue weighted by Gasteiger charge is 2.18. The van der Waals surface area contributed by atoms with Gasteiger partial charge in [0.25, 0.3) is 5.56 Å². The summed E-state index contributed by atoms with van der Waals surface area (Å²) in [7, 11) is 0. The molecule has 2 N–H and O–H groups in total. The predicted molar refractivity (Wildman–Crippen MR) is 76.1 cm³/mol. The van der Waals surface area contributed by atoms with Crippen LogP contribution in [-0.2, 0) is 19.4 Å². The number of nitrogens with two attached hydrogens (primary N) is 1. The van der Waals surface area contributed by atoms with Crippen molar-refractivity contribution in [1.82, 2.24) is 4.57 Å². The Balaban J connectivity index is 1.92. The van der Waals surface area contributed by atoms with Crippen LogP contribution in [0, 0.1) is 5.82 Å². The normalized spacial score (nSPS) is 15.1. The van der Waals surface area contributed by atoms with Crippen molar-refractivity contribution in [2.24, 2.45) is 5.73 Å². The van der Waals surface area contributed by atoms with Gasteiger partial charge in [-0.1, -0.05) is 18.2 Å². The molecule has 3 rings (SSSR count). The van der Waals surface area contributed by atoms with Crippen molar-refractivity contribution in [2.75, 3.05) is 0 Å². The minimum atomic E-state index is -0.379. The van der Waals surface area contributed by atoms with E-state index in [1.54, 1.807) is 22.8 Å². The van der Waals surface area contributed by atoms with Gasteiger partial charge in [-0.25, -0.2) is 4.39 Å². The fourth-order valence-corrected chi connectivity index (χ4v) is 2.87. The van der Waals surface area contributed by atoms with E-state index in [4.69, 9.17) is 5.73 Å². The molecular formula is C16H17FN2O. The molecule has 0 saturated carbocycles. The number of rotatable bonds is 3. The van der Waals surface area contributed by atoms with Gasteiger partial charge in [-0.05, 0) is 42.5 Å². The van der Waals surface area contributed by atoms with Gasteiger partial charge < -0.3 is 10.3 Å². The SMILES string of the molecule is NC(Cn1c2c(ccc1=O)CCC2)c1cccc(F)c1. The zero-order valence-electron chi connectivity index (χ0n) is 11.2. The molecule has 4 heteroatoms. The summed E-state index contributed by atoms with van der Waals surface area (Å²) in [4.78, 5) is 12.0. The number of halogens is 1. The van der Waals surface area contributed by atoms with Gasteiger partial charge in [0.05, 0.1) is 0 Å². The summed E-state index contributed by atoms with van der Waals surface area (Å²) in [5.74, 6) is -0.302. The van der Waals surface area contributed by atoms with E-state index in [1.165, 1.54) is 17.7 Å². The first kappa shape index (κ1) is 13.1. The van der Waals surface area contributed by atoms with Gasteiger partial charge in [-0.2, -0.15) is 0 Å². The Labute approximate surface area is 116 Å². The third-order valence-electron chi connectivity index (χ3n) is 3.91. The van der Waals surface area contributed by atoms with Gasteiger partial charge in [0.15, 0.2) is 0 Å². The van der Waals surface area contributed by atoms with Crippen LogP contribution >= 0.6 is 0 Å². The Morgan fingerprint density at radius 3 is 2.90 bits per heavy atom. The van der Waals surface area contributed by atoms with Crippen LogP contribution in [0.4, 0.5) is 4.39 Å². The highest BCUT2D eigenvalue weighted by Crippen LogP contribution is 2.22. The van der Waals surface area contributed by atoms with Gasteiger partial charge >= 0.3 is 0 Å². The number of fused-ring (bicyclic) bond motifs is 1. The number of benzene rings is 1.